The van der Waals surface area contributed by atoms with E-state index >= 15 is 0 Å². The highest BCUT2D eigenvalue weighted by molar-refractivity contribution is 7.98. The van der Waals surface area contributed by atoms with Crippen LogP contribution in [0.25, 0.3) is 5.69 Å². The molecule has 12 nitrogen and oxygen atoms in total. The third kappa shape index (κ3) is 8.15. The number of likely N-dealkylation sites (N-methyl/N-ethyl adjacent to an activating group) is 1. The average molecular weight is 662 g/mol. The standard InChI is InChI=1S/C30H38F3N9O3S/c1-20-18-41(10-9-39(20)2)26-6-5-21(15-24(26)36-28(43)22-17-35-27(46-3)16-23(22)30(31,32)33)42-19-25(37-38-42)29(44)34-7-4-8-40-11-13-45-14-12-40/h5-6,15-17,19-20H,4,7-14,18H2,1-3H3,(H,34,44)(H,36,43)/t20-/m0/s1. The molecule has 0 spiro atoms. The highest BCUT2D eigenvalue weighted by atomic mass is 32.2. The molecule has 2 aromatic heterocycles. The minimum Gasteiger partial charge on any atom is -0.379 e. The number of thioether (sulfide) groups is 1. The number of pyridine rings is 1. The van der Waals surface area contributed by atoms with E-state index in [1.165, 1.54) is 10.9 Å². The van der Waals surface area contributed by atoms with Gasteiger partial charge in [0.25, 0.3) is 11.8 Å². The lowest BCUT2D eigenvalue weighted by atomic mass is 10.1. The van der Waals surface area contributed by atoms with E-state index in [1.807, 2.05) is 7.05 Å². The summed E-state index contributed by atoms with van der Waals surface area (Å²) in [6.45, 7) is 8.66. The lowest BCUT2D eigenvalue weighted by Crippen LogP contribution is -2.50. The van der Waals surface area contributed by atoms with Gasteiger partial charge in [0.2, 0.25) is 0 Å². The van der Waals surface area contributed by atoms with Crippen LogP contribution >= 0.6 is 11.8 Å². The quantitative estimate of drug-likeness (QED) is 0.248. The van der Waals surface area contributed by atoms with Gasteiger partial charge in [0, 0.05) is 51.5 Å². The number of amides is 2. The van der Waals surface area contributed by atoms with Crippen molar-refractivity contribution in [1.82, 2.24) is 35.1 Å². The van der Waals surface area contributed by atoms with Crippen molar-refractivity contribution in [3.63, 3.8) is 0 Å². The SMILES string of the molecule is CSc1cc(C(F)(F)F)c(C(=O)Nc2cc(-n3cc(C(=O)NCCCN4CCOCC4)nn3)ccc2N2CCN(C)[C@@H](C)C2)cn1. The van der Waals surface area contributed by atoms with Gasteiger partial charge < -0.3 is 25.2 Å². The van der Waals surface area contributed by atoms with Gasteiger partial charge in [-0.2, -0.15) is 13.2 Å². The van der Waals surface area contributed by atoms with Crippen LogP contribution in [0.15, 0.2) is 41.7 Å². The molecule has 2 fully saturated rings. The lowest BCUT2D eigenvalue weighted by Gasteiger charge is -2.39. The van der Waals surface area contributed by atoms with Crippen molar-refractivity contribution in [2.45, 2.75) is 30.6 Å². The van der Waals surface area contributed by atoms with Crippen LogP contribution in [0, 0.1) is 0 Å². The normalized spacial score (nSPS) is 18.0. The van der Waals surface area contributed by atoms with E-state index in [9.17, 15) is 22.8 Å². The molecule has 2 aliphatic heterocycles. The number of nitrogens with zero attached hydrogens (tertiary/aromatic N) is 7. The second-order valence-corrected chi connectivity index (χ2v) is 12.1. The molecule has 2 amide bonds. The number of alkyl halides is 3. The number of ether oxygens (including phenoxy) is 1. The number of morpholine rings is 1. The number of carbonyl (C=O) groups excluding carboxylic acids is 2. The Kier molecular flexibility index (Phi) is 10.8. The van der Waals surface area contributed by atoms with Crippen LogP contribution in [0.3, 0.4) is 0 Å². The first-order valence-corrected chi connectivity index (χ1v) is 16.3. The van der Waals surface area contributed by atoms with Crippen LogP contribution < -0.4 is 15.5 Å². The van der Waals surface area contributed by atoms with E-state index in [2.05, 4.69) is 47.6 Å². The monoisotopic (exact) mass is 661 g/mol. The minimum atomic E-state index is -4.75. The Bertz CT molecular complexity index is 1530. The molecule has 0 unspecified atom stereocenters. The van der Waals surface area contributed by atoms with Crippen molar-refractivity contribution in [3.05, 3.63) is 53.5 Å². The Morgan fingerprint density at radius 3 is 2.61 bits per heavy atom. The van der Waals surface area contributed by atoms with Crippen LogP contribution in [0.5, 0.6) is 0 Å². The third-order valence-electron chi connectivity index (χ3n) is 8.20. The number of hydrogen-bond acceptors (Lipinski definition) is 10. The van der Waals surface area contributed by atoms with Gasteiger partial charge in [0.15, 0.2) is 5.69 Å². The number of piperazine rings is 1. The summed E-state index contributed by atoms with van der Waals surface area (Å²) in [6, 6.07) is 6.26. The molecule has 46 heavy (non-hydrogen) atoms. The number of hydrogen-bond donors (Lipinski definition) is 2. The zero-order valence-corrected chi connectivity index (χ0v) is 26.8. The Balaban J connectivity index is 1.36. The fraction of sp³-hybridized carbons (Fsp3) is 0.500. The number of benzene rings is 1. The van der Waals surface area contributed by atoms with Gasteiger partial charge >= 0.3 is 6.18 Å². The Morgan fingerprint density at radius 1 is 1.11 bits per heavy atom. The first-order valence-electron chi connectivity index (χ1n) is 15.1. The molecule has 4 heterocycles. The summed E-state index contributed by atoms with van der Waals surface area (Å²) < 4.78 is 48.6. The smallest absolute Gasteiger partial charge is 0.379 e. The van der Waals surface area contributed by atoms with Gasteiger partial charge in [-0.1, -0.05) is 5.21 Å². The van der Waals surface area contributed by atoms with E-state index in [-0.39, 0.29) is 22.7 Å². The summed E-state index contributed by atoms with van der Waals surface area (Å²) >= 11 is 1.06. The minimum absolute atomic E-state index is 0.115. The summed E-state index contributed by atoms with van der Waals surface area (Å²) in [7, 11) is 2.03. The Labute approximate surface area is 269 Å². The van der Waals surface area contributed by atoms with Crippen molar-refractivity contribution >= 4 is 35.0 Å². The number of halogens is 3. The van der Waals surface area contributed by atoms with Crippen LogP contribution in [0.2, 0.25) is 0 Å². The maximum absolute atomic E-state index is 14.0. The van der Waals surface area contributed by atoms with Gasteiger partial charge in [0.05, 0.1) is 52.6 Å². The van der Waals surface area contributed by atoms with Gasteiger partial charge in [0.1, 0.15) is 0 Å². The molecule has 1 aromatic carbocycles. The maximum Gasteiger partial charge on any atom is 0.417 e. The summed E-state index contributed by atoms with van der Waals surface area (Å²) in [6.07, 6.45) is 0.0685. The first kappa shape index (κ1) is 33.6. The molecule has 0 bridgehead atoms. The van der Waals surface area contributed by atoms with Gasteiger partial charge in [-0.05, 0) is 57.5 Å². The van der Waals surface area contributed by atoms with Crippen molar-refractivity contribution in [2.24, 2.45) is 0 Å². The first-order chi connectivity index (χ1) is 22.0. The van der Waals surface area contributed by atoms with Crippen LogP contribution in [-0.4, -0.2) is 120 Å². The Morgan fingerprint density at radius 2 is 1.89 bits per heavy atom. The van der Waals surface area contributed by atoms with Crippen molar-refractivity contribution in [1.29, 1.82) is 0 Å². The molecule has 16 heteroatoms. The molecule has 0 saturated carbocycles. The molecule has 3 aromatic rings. The molecule has 0 aliphatic carbocycles. The summed E-state index contributed by atoms with van der Waals surface area (Å²) in [5.41, 5.74) is -0.117. The van der Waals surface area contributed by atoms with Gasteiger partial charge in [-0.3, -0.25) is 14.5 Å². The molecule has 2 saturated heterocycles. The number of carbonyl (C=O) groups is 2. The molecule has 1 atom stereocenters. The summed E-state index contributed by atoms with van der Waals surface area (Å²) in [5.74, 6) is -1.31. The predicted molar refractivity (Wildman–Crippen MR) is 169 cm³/mol. The van der Waals surface area contributed by atoms with Crippen molar-refractivity contribution in [3.8, 4) is 5.69 Å². The molecular formula is C30H38F3N9O3S. The van der Waals surface area contributed by atoms with E-state index in [0.717, 1.165) is 56.6 Å². The van der Waals surface area contributed by atoms with Crippen LogP contribution in [0.1, 0.15) is 39.8 Å². The second-order valence-electron chi connectivity index (χ2n) is 11.3. The van der Waals surface area contributed by atoms with E-state index in [1.54, 1.807) is 24.5 Å². The van der Waals surface area contributed by atoms with Crippen LogP contribution in [0.4, 0.5) is 24.5 Å². The molecule has 2 aliphatic rings. The topological polar surface area (TPSA) is 121 Å². The van der Waals surface area contributed by atoms with Crippen molar-refractivity contribution in [2.75, 3.05) is 82.5 Å². The Hall–Kier alpha value is -3.73. The van der Waals surface area contributed by atoms with Gasteiger partial charge in [-0.15, -0.1) is 16.9 Å². The zero-order chi connectivity index (χ0) is 32.8. The van der Waals surface area contributed by atoms with E-state index < -0.39 is 23.2 Å². The molecule has 0 radical (unpaired) electrons. The second kappa shape index (κ2) is 14.8. The zero-order valence-electron chi connectivity index (χ0n) is 26.0. The molecule has 248 valence electrons. The van der Waals surface area contributed by atoms with Crippen molar-refractivity contribution < 1.29 is 27.5 Å². The third-order valence-corrected chi connectivity index (χ3v) is 8.84. The lowest BCUT2D eigenvalue weighted by molar-refractivity contribution is -0.138. The fourth-order valence-corrected chi connectivity index (χ4v) is 5.77. The van der Waals surface area contributed by atoms with Gasteiger partial charge in [-0.25, -0.2) is 9.67 Å². The molecular weight excluding hydrogens is 623 g/mol. The predicted octanol–water partition coefficient (Wildman–Crippen LogP) is 3.25. The number of nitrogens with one attached hydrogen (secondary N) is 2. The number of aromatic nitrogens is 4. The average Bonchev–Trinajstić information content (AvgIpc) is 3.55. The highest BCUT2D eigenvalue weighted by Crippen LogP contribution is 2.35. The van der Waals surface area contributed by atoms with E-state index in [0.29, 0.717) is 49.9 Å². The van der Waals surface area contributed by atoms with E-state index in [4.69, 9.17) is 4.74 Å². The van der Waals surface area contributed by atoms with Crippen LogP contribution in [-0.2, 0) is 10.9 Å². The molecule has 2 N–H and O–H groups in total. The summed E-state index contributed by atoms with van der Waals surface area (Å²) in [4.78, 5) is 36.8. The maximum atomic E-state index is 14.0. The number of anilines is 2. The summed E-state index contributed by atoms with van der Waals surface area (Å²) in [5, 5.41) is 13.9. The molecule has 5 rings (SSSR count). The fourth-order valence-electron chi connectivity index (χ4n) is 5.38. The highest BCUT2D eigenvalue weighted by Gasteiger charge is 2.36. The number of rotatable bonds is 10. The largest absolute Gasteiger partial charge is 0.417 e.